The average molecular weight is 168 g/mol. The predicted molar refractivity (Wildman–Crippen MR) is 45.8 cm³/mol. The van der Waals surface area contributed by atoms with Gasteiger partial charge in [0.1, 0.15) is 6.54 Å². The Morgan fingerprint density at radius 3 is 3.17 bits per heavy atom. The fourth-order valence-corrected chi connectivity index (χ4v) is 0.896. The highest BCUT2D eigenvalue weighted by atomic mass is 16.5. The molecule has 4 heteroatoms. The first-order valence-electron chi connectivity index (χ1n) is 3.91. The van der Waals surface area contributed by atoms with Gasteiger partial charge in [0.25, 0.3) is 0 Å². The fourth-order valence-electron chi connectivity index (χ4n) is 0.896. The summed E-state index contributed by atoms with van der Waals surface area (Å²) in [6.45, 7) is 3.21. The number of aliphatic imine (C=N–C) groups is 1. The molecule has 1 aliphatic heterocycles. The summed E-state index contributed by atoms with van der Waals surface area (Å²) >= 11 is 0. The molecule has 66 valence electrons. The van der Waals surface area contributed by atoms with Crippen LogP contribution in [-0.2, 0) is 9.53 Å². The standard InChI is InChI=1S/C8H12N2O2/c1-2-12-8(11)7-10-5-3-9-4-6-10/h3-5H,2,6-7H2,1H3. The zero-order valence-electron chi connectivity index (χ0n) is 7.06. The Hall–Kier alpha value is -1.32. The summed E-state index contributed by atoms with van der Waals surface area (Å²) < 4.78 is 4.79. The molecule has 0 radical (unpaired) electrons. The summed E-state index contributed by atoms with van der Waals surface area (Å²) in [5.41, 5.74) is 0. The van der Waals surface area contributed by atoms with E-state index in [4.69, 9.17) is 4.74 Å². The van der Waals surface area contributed by atoms with E-state index < -0.39 is 0 Å². The zero-order valence-corrected chi connectivity index (χ0v) is 7.06. The van der Waals surface area contributed by atoms with Crippen LogP contribution in [0.25, 0.3) is 0 Å². The maximum atomic E-state index is 11.0. The molecule has 0 amide bonds. The topological polar surface area (TPSA) is 41.9 Å². The van der Waals surface area contributed by atoms with Gasteiger partial charge in [-0.15, -0.1) is 0 Å². The van der Waals surface area contributed by atoms with E-state index in [-0.39, 0.29) is 5.97 Å². The van der Waals surface area contributed by atoms with Crippen LogP contribution in [0.1, 0.15) is 6.92 Å². The molecule has 0 unspecified atom stereocenters. The molecule has 4 nitrogen and oxygen atoms in total. The maximum Gasteiger partial charge on any atom is 0.325 e. The number of nitrogens with zero attached hydrogens (tertiary/aromatic N) is 2. The molecule has 0 aromatic heterocycles. The van der Waals surface area contributed by atoms with Gasteiger partial charge in [-0.3, -0.25) is 9.79 Å². The number of rotatable bonds is 3. The Labute approximate surface area is 71.5 Å². The number of hydrogen-bond donors (Lipinski definition) is 0. The van der Waals surface area contributed by atoms with Crippen LogP contribution in [0.15, 0.2) is 17.4 Å². The minimum absolute atomic E-state index is 0.197. The van der Waals surface area contributed by atoms with Crippen molar-refractivity contribution in [2.24, 2.45) is 4.99 Å². The van der Waals surface area contributed by atoms with Crippen LogP contribution >= 0.6 is 0 Å². The molecular weight excluding hydrogens is 156 g/mol. The van der Waals surface area contributed by atoms with E-state index in [0.717, 1.165) is 0 Å². The second-order valence-electron chi connectivity index (χ2n) is 2.36. The van der Waals surface area contributed by atoms with Gasteiger partial charge in [-0.2, -0.15) is 0 Å². The Balaban J connectivity index is 2.27. The third kappa shape index (κ3) is 2.74. The molecule has 12 heavy (non-hydrogen) atoms. The Morgan fingerprint density at radius 2 is 2.58 bits per heavy atom. The zero-order chi connectivity index (χ0) is 8.81. The Morgan fingerprint density at radius 1 is 1.75 bits per heavy atom. The van der Waals surface area contributed by atoms with Gasteiger partial charge < -0.3 is 9.64 Å². The van der Waals surface area contributed by atoms with Crippen LogP contribution in [0.5, 0.6) is 0 Å². The van der Waals surface area contributed by atoms with E-state index in [9.17, 15) is 4.79 Å². The van der Waals surface area contributed by atoms with Crippen molar-refractivity contribution in [3.8, 4) is 0 Å². The molecule has 1 heterocycles. The van der Waals surface area contributed by atoms with Crippen molar-refractivity contribution in [3.05, 3.63) is 12.4 Å². The molecule has 1 aliphatic rings. The summed E-state index contributed by atoms with van der Waals surface area (Å²) in [6.07, 6.45) is 5.18. The van der Waals surface area contributed by atoms with Crippen molar-refractivity contribution in [2.75, 3.05) is 19.7 Å². The van der Waals surface area contributed by atoms with Crippen molar-refractivity contribution in [1.82, 2.24) is 4.90 Å². The van der Waals surface area contributed by atoms with E-state index in [1.807, 2.05) is 4.90 Å². The predicted octanol–water partition coefficient (Wildman–Crippen LogP) is 0.407. The van der Waals surface area contributed by atoms with Gasteiger partial charge >= 0.3 is 5.97 Å². The van der Waals surface area contributed by atoms with E-state index >= 15 is 0 Å². The van der Waals surface area contributed by atoms with E-state index in [1.165, 1.54) is 0 Å². The molecule has 0 aromatic carbocycles. The van der Waals surface area contributed by atoms with Crippen LogP contribution < -0.4 is 0 Å². The van der Waals surface area contributed by atoms with Gasteiger partial charge in [0.05, 0.1) is 13.2 Å². The number of ether oxygens (including phenoxy) is 1. The monoisotopic (exact) mass is 168 g/mol. The minimum Gasteiger partial charge on any atom is -0.465 e. The molecular formula is C8H12N2O2. The normalized spacial score (nSPS) is 14.9. The Bertz CT molecular complexity index is 211. The lowest BCUT2D eigenvalue weighted by molar-refractivity contribution is -0.143. The van der Waals surface area contributed by atoms with Gasteiger partial charge in [0.2, 0.25) is 0 Å². The molecule has 0 saturated heterocycles. The lowest BCUT2D eigenvalue weighted by Gasteiger charge is -2.17. The van der Waals surface area contributed by atoms with Gasteiger partial charge in [0, 0.05) is 18.6 Å². The first-order valence-corrected chi connectivity index (χ1v) is 3.91. The molecule has 0 bridgehead atoms. The van der Waals surface area contributed by atoms with E-state index in [0.29, 0.717) is 19.7 Å². The molecule has 0 fully saturated rings. The van der Waals surface area contributed by atoms with Gasteiger partial charge in [0.15, 0.2) is 0 Å². The second-order valence-corrected chi connectivity index (χ2v) is 2.36. The largest absolute Gasteiger partial charge is 0.465 e. The summed E-state index contributed by atoms with van der Waals surface area (Å²) in [5, 5.41) is 0. The van der Waals surface area contributed by atoms with Crippen LogP contribution in [0.3, 0.4) is 0 Å². The van der Waals surface area contributed by atoms with Crippen molar-refractivity contribution in [2.45, 2.75) is 6.92 Å². The molecule has 0 aliphatic carbocycles. The fraction of sp³-hybridized carbons (Fsp3) is 0.500. The maximum absolute atomic E-state index is 11.0. The number of carbonyl (C=O) groups excluding carboxylic acids is 1. The summed E-state index contributed by atoms with van der Waals surface area (Å²) in [5.74, 6) is -0.197. The lowest BCUT2D eigenvalue weighted by atomic mass is 10.5. The minimum atomic E-state index is -0.197. The molecule has 0 N–H and O–H groups in total. The smallest absolute Gasteiger partial charge is 0.325 e. The van der Waals surface area contributed by atoms with Crippen LogP contribution in [-0.4, -0.2) is 36.8 Å². The summed E-state index contributed by atoms with van der Waals surface area (Å²) in [7, 11) is 0. The van der Waals surface area contributed by atoms with Gasteiger partial charge in [-0.05, 0) is 6.92 Å². The Kier molecular flexibility index (Phi) is 3.32. The highest BCUT2D eigenvalue weighted by Crippen LogP contribution is 1.95. The van der Waals surface area contributed by atoms with Crippen molar-refractivity contribution in [3.63, 3.8) is 0 Å². The third-order valence-corrected chi connectivity index (χ3v) is 1.42. The van der Waals surface area contributed by atoms with Crippen molar-refractivity contribution < 1.29 is 9.53 Å². The lowest BCUT2D eigenvalue weighted by Crippen LogP contribution is -2.29. The van der Waals surface area contributed by atoms with E-state index in [1.54, 1.807) is 25.5 Å². The average Bonchev–Trinajstić information content (AvgIpc) is 2.06. The number of hydrogen-bond acceptors (Lipinski definition) is 4. The summed E-state index contributed by atoms with van der Waals surface area (Å²) in [6, 6.07) is 0. The highest BCUT2D eigenvalue weighted by molar-refractivity contribution is 5.73. The van der Waals surface area contributed by atoms with Gasteiger partial charge in [-0.25, -0.2) is 0 Å². The SMILES string of the molecule is CCOC(=O)CN1C=CN=CC1. The molecule has 0 saturated carbocycles. The molecule has 0 atom stereocenters. The van der Waals surface area contributed by atoms with Crippen molar-refractivity contribution >= 4 is 12.2 Å². The van der Waals surface area contributed by atoms with Crippen LogP contribution in [0, 0.1) is 0 Å². The molecule has 1 rings (SSSR count). The van der Waals surface area contributed by atoms with E-state index in [2.05, 4.69) is 4.99 Å². The summed E-state index contributed by atoms with van der Waals surface area (Å²) in [4.78, 5) is 16.7. The van der Waals surface area contributed by atoms with Crippen molar-refractivity contribution in [1.29, 1.82) is 0 Å². The first kappa shape index (κ1) is 8.77. The first-order chi connectivity index (χ1) is 5.83. The van der Waals surface area contributed by atoms with Crippen LogP contribution in [0.2, 0.25) is 0 Å². The van der Waals surface area contributed by atoms with Gasteiger partial charge in [-0.1, -0.05) is 0 Å². The number of esters is 1. The highest BCUT2D eigenvalue weighted by Gasteiger charge is 2.07. The molecule has 0 aromatic rings. The molecule has 0 spiro atoms. The second kappa shape index (κ2) is 4.54. The quantitative estimate of drug-likeness (QED) is 0.573. The third-order valence-electron chi connectivity index (χ3n) is 1.42. The number of carbonyl (C=O) groups is 1. The van der Waals surface area contributed by atoms with Crippen LogP contribution in [0.4, 0.5) is 0 Å².